The molecular formula is C24H30Cl2N4O3S. The molecule has 1 N–H and O–H groups in total. The zero-order chi connectivity index (χ0) is 24.6. The minimum atomic E-state index is -3.57. The Hall–Kier alpha value is -1.97. The number of aryl methyl sites for hydroxylation is 1. The van der Waals surface area contributed by atoms with E-state index in [2.05, 4.69) is 33.6 Å². The maximum absolute atomic E-state index is 12.9. The number of sulfonamides is 1. The van der Waals surface area contributed by atoms with Gasteiger partial charge in [0.1, 0.15) is 6.04 Å². The topological polar surface area (TPSA) is 88.3 Å². The van der Waals surface area contributed by atoms with Crippen molar-refractivity contribution in [2.45, 2.75) is 39.2 Å². The first-order valence-corrected chi connectivity index (χ1v) is 13.8. The summed E-state index contributed by atoms with van der Waals surface area (Å²) in [6.07, 6.45) is 1.63. The molecule has 184 valence electrons. The molecule has 7 nitrogen and oxygen atoms in total. The van der Waals surface area contributed by atoms with Crippen molar-refractivity contribution in [3.63, 3.8) is 0 Å². The van der Waals surface area contributed by atoms with Crippen LogP contribution in [0, 0.1) is 0 Å². The van der Waals surface area contributed by atoms with Crippen molar-refractivity contribution in [2.24, 2.45) is 0 Å². The average Bonchev–Trinajstić information content (AvgIpc) is 3.30. The van der Waals surface area contributed by atoms with Crippen LogP contribution in [0.1, 0.15) is 44.2 Å². The van der Waals surface area contributed by atoms with Crippen molar-refractivity contribution < 1.29 is 12.9 Å². The van der Waals surface area contributed by atoms with Gasteiger partial charge in [0.15, 0.2) is 0 Å². The Balaban J connectivity index is 1.79. The van der Waals surface area contributed by atoms with Gasteiger partial charge in [-0.25, -0.2) is 13.1 Å². The van der Waals surface area contributed by atoms with Crippen LogP contribution in [-0.4, -0.2) is 48.8 Å². The van der Waals surface area contributed by atoms with E-state index < -0.39 is 16.1 Å². The third-order valence-corrected chi connectivity index (χ3v) is 7.69. The van der Waals surface area contributed by atoms with Crippen molar-refractivity contribution in [3.8, 4) is 11.4 Å². The van der Waals surface area contributed by atoms with E-state index in [-0.39, 0.29) is 17.5 Å². The number of nitrogens with one attached hydrogen (secondary N) is 1. The number of halogens is 2. The molecule has 3 rings (SSSR count). The van der Waals surface area contributed by atoms with Gasteiger partial charge in [-0.05, 0) is 56.6 Å². The maximum atomic E-state index is 12.9. The number of aromatic nitrogens is 2. The van der Waals surface area contributed by atoms with E-state index >= 15 is 0 Å². The third-order valence-electron chi connectivity index (χ3n) is 5.59. The molecule has 0 aliphatic rings. The van der Waals surface area contributed by atoms with Crippen molar-refractivity contribution in [3.05, 3.63) is 70.0 Å². The molecule has 10 heteroatoms. The lowest BCUT2D eigenvalue weighted by Crippen LogP contribution is -2.33. The van der Waals surface area contributed by atoms with Crippen LogP contribution in [0.15, 0.2) is 53.1 Å². The highest BCUT2D eigenvalue weighted by atomic mass is 35.5. The molecular weight excluding hydrogens is 495 g/mol. The Morgan fingerprint density at radius 1 is 1.03 bits per heavy atom. The second-order valence-electron chi connectivity index (χ2n) is 7.95. The summed E-state index contributed by atoms with van der Waals surface area (Å²) < 4.78 is 34.1. The molecule has 0 radical (unpaired) electrons. The van der Waals surface area contributed by atoms with E-state index in [0.29, 0.717) is 34.9 Å². The molecule has 0 aliphatic carbocycles. The summed E-state index contributed by atoms with van der Waals surface area (Å²) in [7, 11) is -3.57. The van der Waals surface area contributed by atoms with Gasteiger partial charge >= 0.3 is 0 Å². The second-order valence-corrected chi connectivity index (χ2v) is 10.6. The highest BCUT2D eigenvalue weighted by Crippen LogP contribution is 2.33. The van der Waals surface area contributed by atoms with Crippen molar-refractivity contribution in [1.82, 2.24) is 19.8 Å². The molecule has 2 aromatic carbocycles. The molecule has 0 bridgehead atoms. The number of benzene rings is 2. The average molecular weight is 526 g/mol. The summed E-state index contributed by atoms with van der Waals surface area (Å²) >= 11 is 12.6. The fourth-order valence-corrected chi connectivity index (χ4v) is 5.52. The monoisotopic (exact) mass is 524 g/mol. The van der Waals surface area contributed by atoms with Crippen LogP contribution in [0.25, 0.3) is 11.4 Å². The summed E-state index contributed by atoms with van der Waals surface area (Å²) in [6, 6.07) is 14.3. The highest BCUT2D eigenvalue weighted by molar-refractivity contribution is 7.89. The molecule has 3 aromatic rings. The van der Waals surface area contributed by atoms with Gasteiger partial charge in [-0.2, -0.15) is 4.98 Å². The molecule has 0 aliphatic heterocycles. The van der Waals surface area contributed by atoms with E-state index in [1.54, 1.807) is 18.2 Å². The third kappa shape index (κ3) is 7.52. The van der Waals surface area contributed by atoms with E-state index in [9.17, 15) is 8.42 Å². The van der Waals surface area contributed by atoms with E-state index in [0.717, 1.165) is 25.2 Å². The van der Waals surface area contributed by atoms with Crippen LogP contribution in [-0.2, 0) is 16.4 Å². The van der Waals surface area contributed by atoms with Gasteiger partial charge in [-0.1, -0.05) is 78.6 Å². The number of hydrogen-bond acceptors (Lipinski definition) is 6. The van der Waals surface area contributed by atoms with Gasteiger partial charge in [0, 0.05) is 0 Å². The molecule has 1 aromatic heterocycles. The maximum Gasteiger partial charge on any atom is 0.245 e. The lowest BCUT2D eigenvalue weighted by molar-refractivity contribution is 0.304. The number of rotatable bonds is 13. The summed E-state index contributed by atoms with van der Waals surface area (Å²) in [4.78, 5) is 6.65. The second kappa shape index (κ2) is 12.7. The Kier molecular flexibility index (Phi) is 9.91. The molecule has 0 saturated carbocycles. The summed E-state index contributed by atoms with van der Waals surface area (Å²) in [5, 5.41) is 4.80. The SMILES string of the molecule is CCN(CC)CCCS(=O)(=O)N[C@H](CCc1ccccc1)c1nc(-c2c(Cl)cccc2Cl)no1. The normalized spacial score (nSPS) is 12.9. The smallest absolute Gasteiger partial charge is 0.245 e. The van der Waals surface area contributed by atoms with Gasteiger partial charge in [0.2, 0.25) is 21.7 Å². The quantitative estimate of drug-likeness (QED) is 0.323. The van der Waals surface area contributed by atoms with Gasteiger partial charge in [-0.3, -0.25) is 0 Å². The lowest BCUT2D eigenvalue weighted by atomic mass is 10.1. The first-order valence-electron chi connectivity index (χ1n) is 11.4. The van der Waals surface area contributed by atoms with Crippen LogP contribution >= 0.6 is 23.2 Å². The highest BCUT2D eigenvalue weighted by Gasteiger charge is 2.26. The van der Waals surface area contributed by atoms with Gasteiger partial charge in [-0.15, -0.1) is 0 Å². The Morgan fingerprint density at radius 3 is 2.35 bits per heavy atom. The zero-order valence-electron chi connectivity index (χ0n) is 19.4. The van der Waals surface area contributed by atoms with Crippen molar-refractivity contribution in [1.29, 1.82) is 0 Å². The molecule has 1 atom stereocenters. The van der Waals surface area contributed by atoms with Crippen LogP contribution in [0.5, 0.6) is 0 Å². The Labute approximate surface area is 211 Å². The standard InChI is InChI=1S/C24H30Cl2N4O3S/c1-3-30(4-2)16-9-17-34(31,32)29-21(15-14-18-10-6-5-7-11-18)24-27-23(28-33-24)22-19(25)12-8-13-20(22)26/h5-8,10-13,21,29H,3-4,9,14-17H2,1-2H3/t21-/m1/s1. The number of hydrogen-bond donors (Lipinski definition) is 1. The number of nitrogens with zero attached hydrogens (tertiary/aromatic N) is 3. The molecule has 1 heterocycles. The van der Waals surface area contributed by atoms with Crippen LogP contribution in [0.4, 0.5) is 0 Å². The van der Waals surface area contributed by atoms with Crippen molar-refractivity contribution >= 4 is 33.2 Å². The van der Waals surface area contributed by atoms with E-state index in [4.69, 9.17) is 27.7 Å². The fraction of sp³-hybridized carbons (Fsp3) is 0.417. The Morgan fingerprint density at radius 2 is 1.71 bits per heavy atom. The predicted octanol–water partition coefficient (Wildman–Crippen LogP) is 5.37. The fourth-order valence-electron chi connectivity index (χ4n) is 3.67. The Bertz CT molecular complexity index is 1130. The van der Waals surface area contributed by atoms with Gasteiger partial charge in [0.25, 0.3) is 0 Å². The van der Waals surface area contributed by atoms with Crippen LogP contribution in [0.3, 0.4) is 0 Å². The van der Waals surface area contributed by atoms with Gasteiger partial charge < -0.3 is 9.42 Å². The molecule has 0 amide bonds. The predicted molar refractivity (Wildman–Crippen MR) is 137 cm³/mol. The lowest BCUT2D eigenvalue weighted by Gasteiger charge is -2.19. The largest absolute Gasteiger partial charge is 0.337 e. The molecule has 0 saturated heterocycles. The molecule has 0 unspecified atom stereocenters. The summed E-state index contributed by atoms with van der Waals surface area (Å²) in [5.74, 6) is 0.410. The van der Waals surface area contributed by atoms with Gasteiger partial charge in [0.05, 0.1) is 21.4 Å². The first-order chi connectivity index (χ1) is 16.3. The molecule has 0 spiro atoms. The van der Waals surface area contributed by atoms with Crippen LogP contribution < -0.4 is 4.72 Å². The molecule has 0 fully saturated rings. The summed E-state index contributed by atoms with van der Waals surface area (Å²) in [5.41, 5.74) is 1.53. The van der Waals surface area contributed by atoms with Crippen molar-refractivity contribution in [2.75, 3.05) is 25.4 Å². The first kappa shape index (κ1) is 26.6. The summed E-state index contributed by atoms with van der Waals surface area (Å²) in [6.45, 7) is 6.62. The zero-order valence-corrected chi connectivity index (χ0v) is 21.7. The minimum Gasteiger partial charge on any atom is -0.337 e. The van der Waals surface area contributed by atoms with E-state index in [1.165, 1.54) is 0 Å². The van der Waals surface area contributed by atoms with E-state index in [1.807, 2.05) is 30.3 Å². The van der Waals surface area contributed by atoms with Crippen LogP contribution in [0.2, 0.25) is 10.0 Å². The molecule has 34 heavy (non-hydrogen) atoms. The minimum absolute atomic E-state index is 0.0165.